The molecule has 0 bridgehead atoms. The largest absolute Gasteiger partial charge is 0.387 e. The van der Waals surface area contributed by atoms with Gasteiger partial charge in [-0.15, -0.1) is 0 Å². The van der Waals surface area contributed by atoms with Crippen molar-refractivity contribution in [3.05, 3.63) is 0 Å². The first-order chi connectivity index (χ1) is 7.88. The van der Waals surface area contributed by atoms with Crippen LogP contribution >= 0.6 is 0 Å². The molecule has 0 radical (unpaired) electrons. The Morgan fingerprint density at radius 2 is 1.82 bits per heavy atom. The van der Waals surface area contributed by atoms with E-state index in [2.05, 4.69) is 5.32 Å². The zero-order chi connectivity index (χ0) is 13.2. The highest BCUT2D eigenvalue weighted by atomic mass is 16.7. The van der Waals surface area contributed by atoms with Crippen LogP contribution in [0.2, 0.25) is 0 Å². The van der Waals surface area contributed by atoms with E-state index >= 15 is 0 Å². The van der Waals surface area contributed by atoms with Crippen LogP contribution < -0.4 is 5.32 Å². The summed E-state index contributed by atoms with van der Waals surface area (Å²) in [6.45, 7) is 3.45. The van der Waals surface area contributed by atoms with Crippen molar-refractivity contribution in [2.75, 3.05) is 7.05 Å². The van der Waals surface area contributed by atoms with E-state index in [1.807, 2.05) is 0 Å². The zero-order valence-electron chi connectivity index (χ0n) is 10.0. The van der Waals surface area contributed by atoms with Gasteiger partial charge in [0.2, 0.25) is 0 Å². The summed E-state index contributed by atoms with van der Waals surface area (Å²) >= 11 is 0. The predicted molar refractivity (Wildman–Crippen MR) is 57.0 cm³/mol. The molecule has 1 fully saturated rings. The lowest BCUT2D eigenvalue weighted by molar-refractivity contribution is -0.298. The standard InChI is InChI=1S/C10H19NO6/c1-4(2)16-10-7(14)5(12)6(13)8(17-10)9(15)11-3/h4-8,10,12-14H,1-3H3,(H,11,15). The topological polar surface area (TPSA) is 108 Å². The molecule has 1 amide bonds. The average molecular weight is 249 g/mol. The zero-order valence-corrected chi connectivity index (χ0v) is 10.0. The lowest BCUT2D eigenvalue weighted by Crippen LogP contribution is -2.62. The van der Waals surface area contributed by atoms with E-state index in [0.717, 1.165) is 0 Å². The van der Waals surface area contributed by atoms with Gasteiger partial charge in [0.15, 0.2) is 12.4 Å². The van der Waals surface area contributed by atoms with Gasteiger partial charge in [0.25, 0.3) is 5.91 Å². The molecule has 7 nitrogen and oxygen atoms in total. The van der Waals surface area contributed by atoms with E-state index < -0.39 is 36.6 Å². The first-order valence-corrected chi connectivity index (χ1v) is 5.45. The minimum absolute atomic E-state index is 0.248. The molecule has 7 heteroatoms. The maximum absolute atomic E-state index is 11.4. The first-order valence-electron chi connectivity index (χ1n) is 5.45. The number of carbonyl (C=O) groups excluding carboxylic acids is 1. The number of nitrogens with one attached hydrogen (secondary N) is 1. The molecule has 0 saturated carbocycles. The Morgan fingerprint density at radius 3 is 2.29 bits per heavy atom. The molecular weight excluding hydrogens is 230 g/mol. The van der Waals surface area contributed by atoms with Gasteiger partial charge in [-0.2, -0.15) is 0 Å². The smallest absolute Gasteiger partial charge is 0.251 e. The van der Waals surface area contributed by atoms with Crippen molar-refractivity contribution in [3.8, 4) is 0 Å². The summed E-state index contributed by atoms with van der Waals surface area (Å²) in [6, 6.07) is 0. The number of hydrogen-bond acceptors (Lipinski definition) is 6. The van der Waals surface area contributed by atoms with Crippen LogP contribution in [0.3, 0.4) is 0 Å². The van der Waals surface area contributed by atoms with Crippen molar-refractivity contribution in [3.63, 3.8) is 0 Å². The van der Waals surface area contributed by atoms with Crippen LogP contribution in [0.25, 0.3) is 0 Å². The van der Waals surface area contributed by atoms with Crippen molar-refractivity contribution in [1.82, 2.24) is 5.32 Å². The van der Waals surface area contributed by atoms with Crippen molar-refractivity contribution < 1.29 is 29.6 Å². The van der Waals surface area contributed by atoms with E-state index in [1.165, 1.54) is 7.05 Å². The van der Waals surface area contributed by atoms with Crippen LogP contribution in [-0.2, 0) is 14.3 Å². The third kappa shape index (κ3) is 3.14. The summed E-state index contributed by atoms with van der Waals surface area (Å²) in [5, 5.41) is 31.2. The highest BCUT2D eigenvalue weighted by molar-refractivity contribution is 5.81. The van der Waals surface area contributed by atoms with Crippen LogP contribution in [-0.4, -0.2) is 65.1 Å². The Kier molecular flexibility index (Phi) is 4.84. The first kappa shape index (κ1) is 14.3. The number of aliphatic hydroxyl groups is 3. The molecule has 1 heterocycles. The predicted octanol–water partition coefficient (Wildman–Crippen LogP) is -2.03. The molecule has 17 heavy (non-hydrogen) atoms. The molecule has 0 aromatic rings. The Bertz CT molecular complexity index is 272. The minimum atomic E-state index is -1.49. The number of likely N-dealkylation sites (N-methyl/N-ethyl adjacent to an activating group) is 1. The van der Waals surface area contributed by atoms with Gasteiger partial charge in [0, 0.05) is 7.05 Å². The third-order valence-electron chi connectivity index (χ3n) is 2.48. The van der Waals surface area contributed by atoms with E-state index in [4.69, 9.17) is 9.47 Å². The molecule has 1 saturated heterocycles. The maximum atomic E-state index is 11.4. The molecule has 4 N–H and O–H groups in total. The summed E-state index contributed by atoms with van der Waals surface area (Å²) in [4.78, 5) is 11.4. The summed E-state index contributed by atoms with van der Waals surface area (Å²) in [5.41, 5.74) is 0. The SMILES string of the molecule is CNC(=O)C1OC(OC(C)C)C(O)C(O)C1O. The summed E-state index contributed by atoms with van der Waals surface area (Å²) < 4.78 is 10.4. The molecular formula is C10H19NO6. The molecule has 0 aromatic carbocycles. The highest BCUT2D eigenvalue weighted by Crippen LogP contribution is 2.23. The fourth-order valence-electron chi connectivity index (χ4n) is 1.59. The monoisotopic (exact) mass is 249 g/mol. The Morgan fingerprint density at radius 1 is 1.24 bits per heavy atom. The number of amides is 1. The quantitative estimate of drug-likeness (QED) is 0.459. The van der Waals surface area contributed by atoms with Gasteiger partial charge < -0.3 is 30.1 Å². The second-order valence-electron chi connectivity index (χ2n) is 4.20. The van der Waals surface area contributed by atoms with Gasteiger partial charge in [-0.05, 0) is 13.8 Å². The lowest BCUT2D eigenvalue weighted by atomic mass is 9.98. The Labute approximate surface area is 99.3 Å². The van der Waals surface area contributed by atoms with Gasteiger partial charge in [0.1, 0.15) is 18.3 Å². The van der Waals surface area contributed by atoms with Crippen LogP contribution in [0.1, 0.15) is 13.8 Å². The van der Waals surface area contributed by atoms with Crippen molar-refractivity contribution in [1.29, 1.82) is 0 Å². The van der Waals surface area contributed by atoms with Crippen molar-refractivity contribution >= 4 is 5.91 Å². The number of ether oxygens (including phenoxy) is 2. The fraction of sp³-hybridized carbons (Fsp3) is 0.900. The lowest BCUT2D eigenvalue weighted by Gasteiger charge is -2.39. The van der Waals surface area contributed by atoms with Crippen LogP contribution in [0.5, 0.6) is 0 Å². The minimum Gasteiger partial charge on any atom is -0.387 e. The van der Waals surface area contributed by atoms with E-state index in [0.29, 0.717) is 0 Å². The highest BCUT2D eigenvalue weighted by Gasteiger charge is 2.47. The molecule has 1 rings (SSSR count). The second kappa shape index (κ2) is 5.74. The van der Waals surface area contributed by atoms with Crippen molar-refractivity contribution in [2.45, 2.75) is 50.7 Å². The van der Waals surface area contributed by atoms with E-state index in [9.17, 15) is 20.1 Å². The van der Waals surface area contributed by atoms with Gasteiger partial charge in [-0.25, -0.2) is 0 Å². The Hall–Kier alpha value is -0.730. The van der Waals surface area contributed by atoms with Crippen LogP contribution in [0.15, 0.2) is 0 Å². The molecule has 0 aromatic heterocycles. The fourth-order valence-corrected chi connectivity index (χ4v) is 1.59. The Balaban J connectivity index is 2.78. The number of rotatable bonds is 3. The molecule has 1 aliphatic rings. The molecule has 100 valence electrons. The summed E-state index contributed by atoms with van der Waals surface area (Å²) in [7, 11) is 1.38. The van der Waals surface area contributed by atoms with E-state index in [-0.39, 0.29) is 6.10 Å². The van der Waals surface area contributed by atoms with Gasteiger partial charge in [0.05, 0.1) is 6.10 Å². The number of hydrogen-bond donors (Lipinski definition) is 4. The van der Waals surface area contributed by atoms with Crippen LogP contribution in [0, 0.1) is 0 Å². The van der Waals surface area contributed by atoms with Crippen molar-refractivity contribution in [2.24, 2.45) is 0 Å². The second-order valence-corrected chi connectivity index (χ2v) is 4.20. The molecule has 0 aliphatic carbocycles. The average Bonchev–Trinajstić information content (AvgIpc) is 2.28. The van der Waals surface area contributed by atoms with Gasteiger partial charge >= 0.3 is 0 Å². The van der Waals surface area contributed by atoms with Gasteiger partial charge in [-0.3, -0.25) is 4.79 Å². The van der Waals surface area contributed by atoms with E-state index in [1.54, 1.807) is 13.8 Å². The van der Waals surface area contributed by atoms with Crippen LogP contribution in [0.4, 0.5) is 0 Å². The summed E-state index contributed by atoms with van der Waals surface area (Å²) in [5.74, 6) is -0.583. The molecule has 5 atom stereocenters. The number of aliphatic hydroxyl groups excluding tert-OH is 3. The normalized spacial score (nSPS) is 38.2. The number of carbonyl (C=O) groups is 1. The van der Waals surface area contributed by atoms with Gasteiger partial charge in [-0.1, -0.05) is 0 Å². The third-order valence-corrected chi connectivity index (χ3v) is 2.48. The molecule has 1 aliphatic heterocycles. The molecule has 0 spiro atoms. The maximum Gasteiger partial charge on any atom is 0.251 e. The molecule has 5 unspecified atom stereocenters. The summed E-state index contributed by atoms with van der Waals surface area (Å²) in [6.07, 6.45) is -7.03.